The number of hydrogen-bond acceptors (Lipinski definition) is 2. The number of benzene rings is 1. The van der Waals surface area contributed by atoms with Crippen LogP contribution in [0.3, 0.4) is 0 Å². The van der Waals surface area contributed by atoms with E-state index in [-0.39, 0.29) is 11.9 Å². The third kappa shape index (κ3) is 2.72. The highest BCUT2D eigenvalue weighted by Gasteiger charge is 2.25. The molecule has 3 heteroatoms. The lowest BCUT2D eigenvalue weighted by molar-refractivity contribution is -0.121. The molecule has 1 aromatic rings. The maximum absolute atomic E-state index is 11.7. The van der Waals surface area contributed by atoms with Crippen LogP contribution in [0.4, 0.5) is 0 Å². The van der Waals surface area contributed by atoms with E-state index < -0.39 is 0 Å². The summed E-state index contributed by atoms with van der Waals surface area (Å²) in [5, 5.41) is 6.55. The lowest BCUT2D eigenvalue weighted by atomic mass is 9.94. The lowest BCUT2D eigenvalue weighted by Gasteiger charge is -2.27. The second-order valence-electron chi connectivity index (χ2n) is 5.41. The number of carbonyl (C=O) groups excluding carboxylic acids is 1. The monoisotopic (exact) mass is 244 g/mol. The van der Waals surface area contributed by atoms with Crippen LogP contribution in [0.5, 0.6) is 0 Å². The van der Waals surface area contributed by atoms with Gasteiger partial charge < -0.3 is 10.6 Å². The van der Waals surface area contributed by atoms with Crippen LogP contribution in [0, 0.1) is 5.92 Å². The molecule has 0 saturated heterocycles. The van der Waals surface area contributed by atoms with E-state index in [4.69, 9.17) is 0 Å². The second-order valence-corrected chi connectivity index (χ2v) is 5.41. The molecule has 1 aliphatic carbocycles. The normalized spacial score (nSPS) is 22.3. The van der Waals surface area contributed by atoms with Crippen LogP contribution in [-0.4, -0.2) is 19.0 Å². The van der Waals surface area contributed by atoms with E-state index in [9.17, 15) is 4.79 Å². The molecular weight excluding hydrogens is 224 g/mol. The third-order valence-corrected chi connectivity index (χ3v) is 3.89. The van der Waals surface area contributed by atoms with Gasteiger partial charge in [0.15, 0.2) is 0 Å². The Hall–Kier alpha value is -1.35. The standard InChI is InChI=1S/C15H20N2O/c18-15(9-11-5-6-11)17-10-14-13-4-2-1-3-12(13)7-8-16-14/h1-4,11,14,16H,5-10H2,(H,17,18). The maximum Gasteiger partial charge on any atom is 0.220 e. The van der Waals surface area contributed by atoms with Crippen LogP contribution in [0.1, 0.15) is 36.4 Å². The van der Waals surface area contributed by atoms with Crippen molar-refractivity contribution >= 4 is 5.91 Å². The van der Waals surface area contributed by atoms with Crippen molar-refractivity contribution in [2.24, 2.45) is 5.92 Å². The van der Waals surface area contributed by atoms with Gasteiger partial charge in [-0.2, -0.15) is 0 Å². The van der Waals surface area contributed by atoms with Gasteiger partial charge in [0.05, 0.1) is 0 Å². The molecular formula is C15H20N2O. The molecule has 2 aliphatic rings. The number of amides is 1. The Bertz CT molecular complexity index is 440. The van der Waals surface area contributed by atoms with Crippen LogP contribution < -0.4 is 10.6 Å². The van der Waals surface area contributed by atoms with Gasteiger partial charge in [-0.3, -0.25) is 4.79 Å². The maximum atomic E-state index is 11.7. The first-order chi connectivity index (χ1) is 8.83. The smallest absolute Gasteiger partial charge is 0.220 e. The fraction of sp³-hybridized carbons (Fsp3) is 0.533. The van der Waals surface area contributed by atoms with Crippen LogP contribution in [0.25, 0.3) is 0 Å². The average molecular weight is 244 g/mol. The highest BCUT2D eigenvalue weighted by molar-refractivity contribution is 5.76. The summed E-state index contributed by atoms with van der Waals surface area (Å²) in [7, 11) is 0. The van der Waals surface area contributed by atoms with Crippen LogP contribution >= 0.6 is 0 Å². The van der Waals surface area contributed by atoms with E-state index in [1.54, 1.807) is 0 Å². The Labute approximate surface area is 108 Å². The van der Waals surface area contributed by atoms with Crippen LogP contribution in [-0.2, 0) is 11.2 Å². The van der Waals surface area contributed by atoms with Crippen molar-refractivity contribution in [3.8, 4) is 0 Å². The van der Waals surface area contributed by atoms with E-state index in [1.165, 1.54) is 24.0 Å². The molecule has 1 aromatic carbocycles. The zero-order chi connectivity index (χ0) is 12.4. The van der Waals surface area contributed by atoms with Crippen molar-refractivity contribution in [1.82, 2.24) is 10.6 Å². The Morgan fingerprint density at radius 1 is 1.33 bits per heavy atom. The van der Waals surface area contributed by atoms with E-state index in [0.29, 0.717) is 18.9 Å². The fourth-order valence-electron chi connectivity index (χ4n) is 2.65. The van der Waals surface area contributed by atoms with Gasteiger partial charge in [0, 0.05) is 19.0 Å². The van der Waals surface area contributed by atoms with Gasteiger partial charge in [-0.05, 0) is 42.9 Å². The fourth-order valence-corrected chi connectivity index (χ4v) is 2.65. The van der Waals surface area contributed by atoms with E-state index >= 15 is 0 Å². The predicted octanol–water partition coefficient (Wildman–Crippen LogP) is 1.79. The topological polar surface area (TPSA) is 41.1 Å². The van der Waals surface area contributed by atoms with Gasteiger partial charge in [-0.15, -0.1) is 0 Å². The van der Waals surface area contributed by atoms with Crippen molar-refractivity contribution in [2.45, 2.75) is 31.7 Å². The molecule has 3 nitrogen and oxygen atoms in total. The zero-order valence-electron chi connectivity index (χ0n) is 10.6. The first-order valence-electron chi connectivity index (χ1n) is 6.91. The summed E-state index contributed by atoms with van der Waals surface area (Å²) in [6, 6.07) is 8.80. The van der Waals surface area contributed by atoms with Crippen LogP contribution in [0.2, 0.25) is 0 Å². The minimum Gasteiger partial charge on any atom is -0.354 e. The van der Waals surface area contributed by atoms with E-state index in [1.807, 2.05) is 0 Å². The highest BCUT2D eigenvalue weighted by Crippen LogP contribution is 2.32. The summed E-state index contributed by atoms with van der Waals surface area (Å²) in [6.07, 6.45) is 4.27. The molecule has 0 bridgehead atoms. The molecule has 3 rings (SSSR count). The molecule has 1 saturated carbocycles. The van der Waals surface area contributed by atoms with E-state index in [0.717, 1.165) is 13.0 Å². The lowest BCUT2D eigenvalue weighted by Crippen LogP contribution is -2.38. The van der Waals surface area contributed by atoms with Crippen molar-refractivity contribution in [1.29, 1.82) is 0 Å². The first kappa shape index (κ1) is 11.7. The van der Waals surface area contributed by atoms with Gasteiger partial charge in [0.25, 0.3) is 0 Å². The van der Waals surface area contributed by atoms with Gasteiger partial charge >= 0.3 is 0 Å². The van der Waals surface area contributed by atoms with Gasteiger partial charge in [0.2, 0.25) is 5.91 Å². The number of hydrogen-bond donors (Lipinski definition) is 2. The summed E-state index contributed by atoms with van der Waals surface area (Å²) < 4.78 is 0. The Morgan fingerprint density at radius 2 is 2.17 bits per heavy atom. The van der Waals surface area contributed by atoms with Gasteiger partial charge in [-0.1, -0.05) is 24.3 Å². The summed E-state index contributed by atoms with van der Waals surface area (Å²) in [6.45, 7) is 1.71. The third-order valence-electron chi connectivity index (χ3n) is 3.89. The predicted molar refractivity (Wildman–Crippen MR) is 71.2 cm³/mol. The van der Waals surface area contributed by atoms with Crippen molar-refractivity contribution < 1.29 is 4.79 Å². The molecule has 0 radical (unpaired) electrons. The van der Waals surface area contributed by atoms with Gasteiger partial charge in [0.1, 0.15) is 0 Å². The summed E-state index contributed by atoms with van der Waals surface area (Å²) in [5.74, 6) is 0.874. The summed E-state index contributed by atoms with van der Waals surface area (Å²) in [5.41, 5.74) is 2.76. The Morgan fingerprint density at radius 3 is 3.00 bits per heavy atom. The number of fused-ring (bicyclic) bond motifs is 1. The molecule has 0 spiro atoms. The largest absolute Gasteiger partial charge is 0.354 e. The molecule has 2 N–H and O–H groups in total. The molecule has 1 fully saturated rings. The minimum atomic E-state index is 0.211. The SMILES string of the molecule is O=C(CC1CC1)NCC1NCCc2ccccc21. The molecule has 1 amide bonds. The van der Waals surface area contributed by atoms with Crippen molar-refractivity contribution in [2.75, 3.05) is 13.1 Å². The quantitative estimate of drug-likeness (QED) is 0.848. The summed E-state index contributed by atoms with van der Waals surface area (Å²) >= 11 is 0. The summed E-state index contributed by atoms with van der Waals surface area (Å²) in [4.78, 5) is 11.7. The second kappa shape index (κ2) is 5.11. The average Bonchev–Trinajstić information content (AvgIpc) is 3.20. The van der Waals surface area contributed by atoms with Crippen molar-refractivity contribution in [3.05, 3.63) is 35.4 Å². The molecule has 18 heavy (non-hydrogen) atoms. The Kier molecular flexibility index (Phi) is 3.33. The van der Waals surface area contributed by atoms with Crippen molar-refractivity contribution in [3.63, 3.8) is 0 Å². The molecule has 0 aromatic heterocycles. The van der Waals surface area contributed by atoms with Gasteiger partial charge in [-0.25, -0.2) is 0 Å². The number of rotatable bonds is 4. The highest BCUT2D eigenvalue weighted by atomic mass is 16.1. The zero-order valence-corrected chi connectivity index (χ0v) is 10.6. The molecule has 1 aliphatic heterocycles. The molecule has 1 atom stereocenters. The Balaban J connectivity index is 1.58. The number of carbonyl (C=O) groups is 1. The minimum absolute atomic E-state index is 0.211. The molecule has 96 valence electrons. The van der Waals surface area contributed by atoms with Crippen LogP contribution in [0.15, 0.2) is 24.3 Å². The first-order valence-corrected chi connectivity index (χ1v) is 6.91. The number of nitrogens with one attached hydrogen (secondary N) is 2. The molecule has 1 heterocycles. The molecule has 1 unspecified atom stereocenters. The van der Waals surface area contributed by atoms with E-state index in [2.05, 4.69) is 34.9 Å².